The monoisotopic (exact) mass is 370 g/mol. The minimum absolute atomic E-state index is 0.111. The van der Waals surface area contributed by atoms with Gasteiger partial charge in [-0.3, -0.25) is 9.69 Å². The van der Waals surface area contributed by atoms with Gasteiger partial charge in [-0.1, -0.05) is 42.8 Å². The minimum Gasteiger partial charge on any atom is -0.492 e. The second-order valence-corrected chi connectivity index (χ2v) is 7.38. The van der Waals surface area contributed by atoms with Crippen molar-refractivity contribution in [2.45, 2.75) is 32.4 Å². The van der Waals surface area contributed by atoms with E-state index >= 15 is 0 Å². The maximum atomic E-state index is 12.8. The number of nitrogens with one attached hydrogen (secondary N) is 1. The summed E-state index contributed by atoms with van der Waals surface area (Å²) in [6.07, 6.45) is 1.76. The molecule has 0 aromatic heterocycles. The lowest BCUT2D eigenvalue weighted by atomic mass is 9.94. The van der Waals surface area contributed by atoms with Crippen LogP contribution in [0.25, 0.3) is 0 Å². The number of hydrogen-bond donors (Lipinski definition) is 1. The maximum absolute atomic E-state index is 12.8. The molecule has 5 heteroatoms. The second kappa shape index (κ2) is 7.29. The molecule has 2 aromatic carbocycles. The first-order valence-electron chi connectivity index (χ1n) is 9.20. The van der Waals surface area contributed by atoms with Crippen LogP contribution in [0.4, 0.5) is 0 Å². The third-order valence-electron chi connectivity index (χ3n) is 5.36. The van der Waals surface area contributed by atoms with Crippen molar-refractivity contribution < 1.29 is 9.53 Å². The van der Waals surface area contributed by atoms with E-state index in [0.29, 0.717) is 35.5 Å². The first-order valence-corrected chi connectivity index (χ1v) is 9.57. The molecular weight excluding hydrogens is 348 g/mol. The summed E-state index contributed by atoms with van der Waals surface area (Å²) in [6.45, 7) is 5.29. The summed E-state index contributed by atoms with van der Waals surface area (Å²) >= 11 is 6.18. The molecule has 1 N–H and O–H groups in total. The second-order valence-electron chi connectivity index (χ2n) is 6.94. The van der Waals surface area contributed by atoms with Gasteiger partial charge < -0.3 is 10.1 Å². The van der Waals surface area contributed by atoms with Gasteiger partial charge in [0.25, 0.3) is 5.91 Å². The molecule has 0 unspecified atom stereocenters. The van der Waals surface area contributed by atoms with E-state index in [-0.39, 0.29) is 5.91 Å². The van der Waals surface area contributed by atoms with Crippen molar-refractivity contribution in [3.8, 4) is 5.75 Å². The van der Waals surface area contributed by atoms with Crippen LogP contribution in [-0.4, -0.2) is 36.5 Å². The van der Waals surface area contributed by atoms with Crippen LogP contribution in [0, 0.1) is 0 Å². The third kappa shape index (κ3) is 3.31. The predicted octanol–water partition coefficient (Wildman–Crippen LogP) is 3.45. The highest BCUT2D eigenvalue weighted by Gasteiger charge is 2.27. The highest BCUT2D eigenvalue weighted by Crippen LogP contribution is 2.32. The van der Waals surface area contributed by atoms with Crippen molar-refractivity contribution in [2.75, 3.05) is 19.7 Å². The van der Waals surface area contributed by atoms with Gasteiger partial charge >= 0.3 is 0 Å². The van der Waals surface area contributed by atoms with E-state index in [4.69, 9.17) is 16.3 Å². The molecule has 1 atom stereocenters. The topological polar surface area (TPSA) is 41.6 Å². The van der Waals surface area contributed by atoms with E-state index in [1.807, 2.05) is 6.07 Å². The molecule has 0 saturated heterocycles. The van der Waals surface area contributed by atoms with Crippen molar-refractivity contribution in [2.24, 2.45) is 0 Å². The van der Waals surface area contributed by atoms with Crippen molar-refractivity contribution in [1.82, 2.24) is 10.2 Å². The smallest absolute Gasteiger partial charge is 0.255 e. The van der Waals surface area contributed by atoms with Crippen LogP contribution in [0.1, 0.15) is 34.0 Å². The first-order chi connectivity index (χ1) is 12.7. The summed E-state index contributed by atoms with van der Waals surface area (Å²) in [5.74, 6) is 0.578. The lowest BCUT2D eigenvalue weighted by molar-refractivity contribution is 0.0924. The average Bonchev–Trinajstić information content (AvgIpc) is 3.12. The molecule has 0 bridgehead atoms. The van der Waals surface area contributed by atoms with E-state index in [1.165, 1.54) is 11.1 Å². The number of carbonyl (C=O) groups excluding carboxylic acids is 1. The number of ether oxygens (including phenoxy) is 1. The maximum Gasteiger partial charge on any atom is 0.255 e. The molecule has 0 saturated carbocycles. The molecule has 2 aromatic rings. The van der Waals surface area contributed by atoms with Crippen LogP contribution in [0.5, 0.6) is 5.75 Å². The van der Waals surface area contributed by atoms with Crippen molar-refractivity contribution in [3.63, 3.8) is 0 Å². The van der Waals surface area contributed by atoms with Crippen molar-refractivity contribution in [1.29, 1.82) is 0 Å². The molecular formula is C21H23ClN2O2. The summed E-state index contributed by atoms with van der Waals surface area (Å²) in [4.78, 5) is 15.2. The summed E-state index contributed by atoms with van der Waals surface area (Å²) in [6, 6.07) is 12.4. The van der Waals surface area contributed by atoms with E-state index in [1.54, 1.807) is 6.07 Å². The van der Waals surface area contributed by atoms with Gasteiger partial charge in [-0.2, -0.15) is 0 Å². The summed E-state index contributed by atoms with van der Waals surface area (Å²) in [5, 5.41) is 3.69. The van der Waals surface area contributed by atoms with Gasteiger partial charge in [0, 0.05) is 30.6 Å². The number of amides is 1. The van der Waals surface area contributed by atoms with Crippen LogP contribution in [0.2, 0.25) is 5.02 Å². The Bertz CT molecular complexity index is 837. The van der Waals surface area contributed by atoms with Crippen LogP contribution >= 0.6 is 11.6 Å². The predicted molar refractivity (Wildman–Crippen MR) is 103 cm³/mol. The van der Waals surface area contributed by atoms with Crippen LogP contribution < -0.4 is 10.1 Å². The number of carbonyl (C=O) groups is 1. The Balaban J connectivity index is 1.48. The van der Waals surface area contributed by atoms with Gasteiger partial charge in [-0.05, 0) is 41.8 Å². The lowest BCUT2D eigenvalue weighted by Crippen LogP contribution is -2.47. The Labute approximate surface area is 159 Å². The van der Waals surface area contributed by atoms with E-state index in [9.17, 15) is 4.79 Å². The van der Waals surface area contributed by atoms with Crippen LogP contribution in [0.15, 0.2) is 36.4 Å². The molecule has 4 nitrogen and oxygen atoms in total. The largest absolute Gasteiger partial charge is 0.492 e. The fourth-order valence-corrected chi connectivity index (χ4v) is 4.20. The standard InChI is InChI=1S/C21H23ClN2O2/c1-2-24-13-16-6-4-3-5-14(16)10-18(24)12-23-21(25)19-11-17(22)9-15-7-8-26-20(15)19/h3-6,9,11,18H,2,7-8,10,12-13H2,1H3,(H,23,25)/t18-/m0/s1. The molecule has 26 heavy (non-hydrogen) atoms. The number of rotatable bonds is 4. The number of likely N-dealkylation sites (N-methyl/N-ethyl adjacent to an activating group) is 1. The zero-order valence-electron chi connectivity index (χ0n) is 14.9. The minimum atomic E-state index is -0.111. The van der Waals surface area contributed by atoms with Gasteiger partial charge in [-0.25, -0.2) is 0 Å². The zero-order chi connectivity index (χ0) is 18.1. The van der Waals surface area contributed by atoms with E-state index in [0.717, 1.165) is 31.5 Å². The number of benzene rings is 2. The average molecular weight is 371 g/mol. The molecule has 2 aliphatic rings. The summed E-state index contributed by atoms with van der Waals surface area (Å²) < 4.78 is 5.66. The molecule has 1 amide bonds. The highest BCUT2D eigenvalue weighted by molar-refractivity contribution is 6.31. The Kier molecular flexibility index (Phi) is 4.88. The van der Waals surface area contributed by atoms with Gasteiger partial charge in [0.2, 0.25) is 0 Å². The van der Waals surface area contributed by atoms with E-state index in [2.05, 4.69) is 41.4 Å². The fourth-order valence-electron chi connectivity index (χ4n) is 3.96. The van der Waals surface area contributed by atoms with Gasteiger partial charge in [0.1, 0.15) is 5.75 Å². The van der Waals surface area contributed by atoms with Crippen molar-refractivity contribution in [3.05, 3.63) is 63.7 Å². The Morgan fingerprint density at radius 3 is 2.88 bits per heavy atom. The van der Waals surface area contributed by atoms with Gasteiger partial charge in [0.05, 0.1) is 12.2 Å². The Morgan fingerprint density at radius 1 is 1.27 bits per heavy atom. The molecule has 0 radical (unpaired) electrons. The molecule has 0 fully saturated rings. The Hall–Kier alpha value is -2.04. The quantitative estimate of drug-likeness (QED) is 0.896. The van der Waals surface area contributed by atoms with Crippen molar-refractivity contribution >= 4 is 17.5 Å². The van der Waals surface area contributed by atoms with Gasteiger partial charge in [-0.15, -0.1) is 0 Å². The number of nitrogens with zero attached hydrogens (tertiary/aromatic N) is 1. The third-order valence-corrected chi connectivity index (χ3v) is 5.58. The highest BCUT2D eigenvalue weighted by atomic mass is 35.5. The SMILES string of the molecule is CCN1Cc2ccccc2C[C@H]1CNC(=O)c1cc(Cl)cc2c1OCC2. The molecule has 2 heterocycles. The molecule has 136 valence electrons. The number of halogens is 1. The van der Waals surface area contributed by atoms with Gasteiger partial charge in [0.15, 0.2) is 0 Å². The number of fused-ring (bicyclic) bond motifs is 2. The van der Waals surface area contributed by atoms with Crippen LogP contribution in [-0.2, 0) is 19.4 Å². The van der Waals surface area contributed by atoms with E-state index < -0.39 is 0 Å². The Morgan fingerprint density at radius 2 is 2.08 bits per heavy atom. The molecule has 0 aliphatic carbocycles. The zero-order valence-corrected chi connectivity index (χ0v) is 15.7. The summed E-state index contributed by atoms with van der Waals surface area (Å²) in [7, 11) is 0. The molecule has 0 spiro atoms. The lowest BCUT2D eigenvalue weighted by Gasteiger charge is -2.36. The number of hydrogen-bond acceptors (Lipinski definition) is 3. The first kappa shape index (κ1) is 17.4. The molecule has 4 rings (SSSR count). The molecule has 2 aliphatic heterocycles. The normalized spacial score (nSPS) is 18.8. The fraction of sp³-hybridized carbons (Fsp3) is 0.381. The van der Waals surface area contributed by atoms with Crippen LogP contribution in [0.3, 0.4) is 0 Å². The summed E-state index contributed by atoms with van der Waals surface area (Å²) in [5.41, 5.74) is 4.33.